The van der Waals surface area contributed by atoms with Crippen LogP contribution in [0.15, 0.2) is 40.4 Å². The van der Waals surface area contributed by atoms with Crippen LogP contribution in [0.2, 0.25) is 0 Å². The lowest BCUT2D eigenvalue weighted by Gasteiger charge is -2.26. The Hall–Kier alpha value is -8.41. The number of carboxylic acid groups (broad SMARTS) is 1. The van der Waals surface area contributed by atoms with Gasteiger partial charge in [-0.05, 0) is 94.2 Å². The number of nitrogens with two attached hydrogens (primary N) is 5. The number of guanidine groups is 2. The molecule has 0 unspecified atom stereocenters. The van der Waals surface area contributed by atoms with E-state index in [9.17, 15) is 53.1 Å². The number of rotatable bonds is 32. The van der Waals surface area contributed by atoms with E-state index in [1.807, 2.05) is 25.6 Å². The molecule has 34 nitrogen and oxygen atoms in total. The second kappa shape index (κ2) is 42.1. The van der Waals surface area contributed by atoms with E-state index in [1.165, 1.54) is 4.68 Å². The fourth-order valence-electron chi connectivity index (χ4n) is 10.4. The van der Waals surface area contributed by atoms with Crippen LogP contribution < -0.4 is 81.8 Å². The quantitative estimate of drug-likeness (QED) is 0.0148. The number of amides is 10. The number of carbonyl (C=O) groups is 10. The number of carboxylic acids is 1. The lowest BCUT2D eigenvalue weighted by atomic mass is 10.0. The number of aryl methyl sites for hydroxylation is 1. The average Bonchev–Trinajstić information content (AvgIpc) is 1.70. The van der Waals surface area contributed by atoms with Crippen molar-refractivity contribution in [3.8, 4) is 0 Å². The molecular formula is C60H98N20O14S. The van der Waals surface area contributed by atoms with Crippen molar-refractivity contribution in [2.45, 2.75) is 177 Å². The molecule has 2 saturated heterocycles. The smallest absolute Gasteiger partial charge is 0.315 e. The maximum Gasteiger partial charge on any atom is 0.315 e. The third-order valence-electron chi connectivity index (χ3n) is 15.5. The second-order valence-electron chi connectivity index (χ2n) is 23.8. The van der Waals surface area contributed by atoms with Crippen LogP contribution in [0.3, 0.4) is 0 Å². The van der Waals surface area contributed by atoms with Gasteiger partial charge in [-0.15, -0.1) is 5.10 Å². The predicted molar refractivity (Wildman–Crippen MR) is 352 cm³/mol. The van der Waals surface area contributed by atoms with Gasteiger partial charge in [-0.3, -0.25) is 52.8 Å². The molecule has 0 saturated carbocycles. The van der Waals surface area contributed by atoms with Crippen molar-refractivity contribution in [3.05, 3.63) is 41.7 Å². The van der Waals surface area contributed by atoms with Crippen LogP contribution in [-0.2, 0) is 76.7 Å². The number of thioether (sulfide) groups is 1. The van der Waals surface area contributed by atoms with Gasteiger partial charge in [0.2, 0.25) is 47.3 Å². The first-order valence-electron chi connectivity index (χ1n) is 32.4. The molecule has 528 valence electrons. The van der Waals surface area contributed by atoms with E-state index in [2.05, 4.69) is 73.5 Å². The summed E-state index contributed by atoms with van der Waals surface area (Å²) in [5.41, 5.74) is 29.7. The molecule has 3 aliphatic rings. The molecule has 4 heterocycles. The van der Waals surface area contributed by atoms with E-state index in [1.54, 1.807) is 30.5 Å². The first-order chi connectivity index (χ1) is 45.5. The summed E-state index contributed by atoms with van der Waals surface area (Å²) in [6, 6.07) is -1.60. The van der Waals surface area contributed by atoms with Gasteiger partial charge in [0, 0.05) is 75.9 Å². The number of hydrogen-bond acceptors (Lipinski definition) is 19. The van der Waals surface area contributed by atoms with Gasteiger partial charge >= 0.3 is 12.0 Å². The SMILES string of the molecule is CC(C)CC[C@@H]1NC(=O)[C@@H](N)Cc2cn(nn2)CCCC[C@@H](C(=O)NCCCOCCOCCOCCCNC(=O)CCCC[C@H]2SC[C@H]3NC(=O)N[C@H]32)NC(=O)[C@H](Cc2ccc(N=C(N)N)cc2)NC(=O)[C@H](CC(=O)O)NC(=O)CNC(=O)[C@H](CCCN=C(N)N)NC1=O. The highest BCUT2D eigenvalue weighted by Crippen LogP contribution is 2.33. The Morgan fingerprint density at radius 2 is 1.37 bits per heavy atom. The molecule has 0 aliphatic carbocycles. The van der Waals surface area contributed by atoms with Crippen LogP contribution in [0, 0.1) is 5.92 Å². The van der Waals surface area contributed by atoms with E-state index in [-0.39, 0.29) is 113 Å². The first kappa shape index (κ1) is 77.3. The molecule has 2 aromatic rings. The molecule has 9 atom stereocenters. The summed E-state index contributed by atoms with van der Waals surface area (Å²) in [4.78, 5) is 142. The Balaban J connectivity index is 1.19. The Kier molecular flexibility index (Phi) is 34.3. The Bertz CT molecular complexity index is 2880. The molecular weight excluding hydrogens is 1260 g/mol. The molecule has 2 fully saturated rings. The van der Waals surface area contributed by atoms with Crippen LogP contribution in [0.5, 0.6) is 0 Å². The molecule has 0 spiro atoms. The molecule has 10 amide bonds. The number of urea groups is 1. The fraction of sp³-hybridized carbons (Fsp3) is 0.667. The van der Waals surface area contributed by atoms with E-state index in [0.717, 1.165) is 25.0 Å². The Morgan fingerprint density at radius 3 is 2.05 bits per heavy atom. The van der Waals surface area contributed by atoms with Gasteiger partial charge in [-0.1, -0.05) is 37.6 Å². The normalized spacial score (nSPS) is 22.6. The van der Waals surface area contributed by atoms with E-state index in [0.29, 0.717) is 93.6 Å². The molecule has 21 N–H and O–H groups in total. The average molecular weight is 1360 g/mol. The summed E-state index contributed by atoms with van der Waals surface area (Å²) in [5.74, 6) is -6.69. The molecule has 0 radical (unpaired) electrons. The van der Waals surface area contributed by atoms with Crippen LogP contribution in [-0.4, -0.2) is 216 Å². The van der Waals surface area contributed by atoms with Crippen LogP contribution >= 0.6 is 11.8 Å². The maximum absolute atomic E-state index is 14.5. The van der Waals surface area contributed by atoms with E-state index in [4.69, 9.17) is 42.9 Å². The molecule has 2 bridgehead atoms. The van der Waals surface area contributed by atoms with Crippen LogP contribution in [0.25, 0.3) is 0 Å². The number of nitrogens with one attached hydrogen (secondary N) is 10. The Labute approximate surface area is 556 Å². The lowest BCUT2D eigenvalue weighted by molar-refractivity contribution is -0.141. The number of benzene rings is 1. The number of ether oxygens (including phenoxy) is 3. The summed E-state index contributed by atoms with van der Waals surface area (Å²) in [6.07, 6.45) is 6.13. The largest absolute Gasteiger partial charge is 0.481 e. The molecule has 5 rings (SSSR count). The molecule has 1 aromatic heterocycles. The number of aliphatic carboxylic acids is 1. The number of aliphatic imine (C=N–C) groups is 2. The van der Waals surface area contributed by atoms with Crippen molar-refractivity contribution < 1.29 is 67.3 Å². The highest BCUT2D eigenvalue weighted by atomic mass is 32.2. The number of nitrogens with zero attached hydrogens (tertiary/aromatic N) is 5. The highest BCUT2D eigenvalue weighted by molar-refractivity contribution is 8.00. The van der Waals surface area contributed by atoms with Gasteiger partial charge < -0.3 is 101 Å². The minimum absolute atomic E-state index is 0.00344. The number of aromatic nitrogens is 3. The van der Waals surface area contributed by atoms with Gasteiger partial charge in [-0.2, -0.15) is 11.8 Å². The summed E-state index contributed by atoms with van der Waals surface area (Å²) in [7, 11) is 0. The second-order valence-corrected chi connectivity index (χ2v) is 25.1. The zero-order valence-corrected chi connectivity index (χ0v) is 55.1. The standard InChI is InChI=1S/C60H98N20O14S/c1-36(2)14-19-43-55(88)73-42(11-7-20-68-58(62)63)54(87)69-33-49(82)71-45(32-50(83)84)57(90)75-44(30-37-15-17-38(18-16-37)70-59(64)65)56(89)74-41(10-5-6-23-80-34-39(78-79-80)31-40(61)52(85)72-43)53(86)67-22-9-25-93-27-29-94-28-26-92-24-8-21-66-48(81)13-4-3-12-47-51-46(35-95-47)76-60(91)77-51/h15-18,34,36,40-47,51H,3-14,19-33,35,61H2,1-2H3,(H,66,81)(H,67,86)(H,69,87)(H,71,82)(H,72,85)(H,73,88)(H,74,89)(H,75,90)(H,83,84)(H4,62,63,68)(H4,64,65,70)(H2,76,77,91)/t40-,41-,42-,43-,44-,45-,46+,47+,51+/m0/s1. The molecule has 95 heavy (non-hydrogen) atoms. The summed E-state index contributed by atoms with van der Waals surface area (Å²) in [6.45, 7) is 6.00. The number of unbranched alkanes of at least 4 members (excludes halogenated alkanes) is 1. The van der Waals surface area contributed by atoms with Gasteiger partial charge in [0.25, 0.3) is 0 Å². The minimum atomic E-state index is -1.81. The lowest BCUT2D eigenvalue weighted by Crippen LogP contribution is -2.58. The van der Waals surface area contributed by atoms with Crippen molar-refractivity contribution in [2.75, 3.05) is 71.6 Å². The Morgan fingerprint density at radius 1 is 0.716 bits per heavy atom. The van der Waals surface area contributed by atoms with Crippen LogP contribution in [0.1, 0.15) is 115 Å². The van der Waals surface area contributed by atoms with Gasteiger partial charge in [0.1, 0.15) is 30.2 Å². The first-order valence-corrected chi connectivity index (χ1v) is 33.4. The van der Waals surface area contributed by atoms with Gasteiger partial charge in [0.05, 0.1) is 68.9 Å². The van der Waals surface area contributed by atoms with Gasteiger partial charge in [-0.25, -0.2) is 9.79 Å². The monoisotopic (exact) mass is 1350 g/mol. The number of carbonyl (C=O) groups excluding carboxylic acids is 9. The van der Waals surface area contributed by atoms with E-state index < -0.39 is 96.5 Å². The third-order valence-corrected chi connectivity index (χ3v) is 17.0. The molecule has 3 aliphatic heterocycles. The van der Waals surface area contributed by atoms with Gasteiger partial charge in [0.15, 0.2) is 11.9 Å². The number of hydrogen-bond donors (Lipinski definition) is 16. The highest BCUT2D eigenvalue weighted by Gasteiger charge is 2.42. The predicted octanol–water partition coefficient (Wildman–Crippen LogP) is -3.23. The van der Waals surface area contributed by atoms with Crippen molar-refractivity contribution in [1.82, 2.24) is 68.2 Å². The zero-order chi connectivity index (χ0) is 69.1. The maximum atomic E-state index is 14.5. The topological polar surface area (TPSA) is 524 Å². The van der Waals surface area contributed by atoms with Crippen molar-refractivity contribution in [1.29, 1.82) is 0 Å². The van der Waals surface area contributed by atoms with Crippen LogP contribution in [0.4, 0.5) is 10.5 Å². The summed E-state index contributed by atoms with van der Waals surface area (Å²) < 4.78 is 18.5. The fourth-order valence-corrected chi connectivity index (χ4v) is 12.0. The van der Waals surface area contributed by atoms with Crippen molar-refractivity contribution >= 4 is 88.6 Å². The zero-order valence-electron chi connectivity index (χ0n) is 54.2. The molecule has 35 heteroatoms. The molecule has 1 aromatic carbocycles. The minimum Gasteiger partial charge on any atom is -0.481 e. The van der Waals surface area contributed by atoms with Crippen molar-refractivity contribution in [2.24, 2.45) is 44.6 Å². The van der Waals surface area contributed by atoms with E-state index >= 15 is 0 Å². The summed E-state index contributed by atoms with van der Waals surface area (Å²) in [5, 5.41) is 45.9. The number of fused-ring (bicyclic) bond motifs is 3. The van der Waals surface area contributed by atoms with Crippen molar-refractivity contribution in [3.63, 3.8) is 0 Å². The third kappa shape index (κ3) is 30.3. The summed E-state index contributed by atoms with van der Waals surface area (Å²) >= 11 is 1.86.